The zero-order valence-corrected chi connectivity index (χ0v) is 33.9. The van der Waals surface area contributed by atoms with Crippen LogP contribution in [0.2, 0.25) is 0 Å². The SMILES string of the molecule is CC[C@@H]1OC(=O)[C@H](C)[C@H](O[C@@H]2C[C@](C)(OC)[C@H](O)[C@H](C)O2)[C@H](C)[C@H](O[C@@H]2O[C@H](C)C[C@H](N(C)C)[C@@H]2O)[C@](C)(OC)C[C@H](C)C(=O)[C@H](C)[C@H](O)[C@]1(C)O. The second-order valence-corrected chi connectivity index (χ2v) is 16.6. The smallest absolute Gasteiger partial charge is 0.311 e. The van der Waals surface area contributed by atoms with E-state index in [2.05, 4.69) is 0 Å². The third kappa shape index (κ3) is 9.38. The quantitative estimate of drug-likeness (QED) is 0.266. The third-order valence-electron chi connectivity index (χ3n) is 12.3. The molecule has 0 bridgehead atoms. The highest BCUT2D eigenvalue weighted by Crippen LogP contribution is 2.41. The predicted molar refractivity (Wildman–Crippen MR) is 191 cm³/mol. The van der Waals surface area contributed by atoms with Gasteiger partial charge in [-0.2, -0.15) is 0 Å². The van der Waals surface area contributed by atoms with Gasteiger partial charge in [0.25, 0.3) is 0 Å². The van der Waals surface area contributed by atoms with Crippen molar-refractivity contribution in [1.82, 2.24) is 4.90 Å². The molecule has 3 heterocycles. The van der Waals surface area contributed by atoms with Crippen LogP contribution in [0.15, 0.2) is 0 Å². The number of hydrogen-bond donors (Lipinski definition) is 4. The van der Waals surface area contributed by atoms with Gasteiger partial charge in [-0.1, -0.05) is 27.7 Å². The molecule has 14 nitrogen and oxygen atoms in total. The summed E-state index contributed by atoms with van der Waals surface area (Å²) in [6, 6.07) is -0.283. The van der Waals surface area contributed by atoms with Crippen LogP contribution in [-0.2, 0) is 42.7 Å². The number of aliphatic hydroxyl groups excluding tert-OH is 3. The molecule has 0 radical (unpaired) electrons. The van der Waals surface area contributed by atoms with E-state index in [0.29, 0.717) is 6.42 Å². The molecule has 0 amide bonds. The topological polar surface area (TPSA) is 183 Å². The lowest BCUT2D eigenvalue weighted by Gasteiger charge is -2.50. The maximum atomic E-state index is 14.2. The van der Waals surface area contributed by atoms with E-state index in [-0.39, 0.29) is 37.2 Å². The number of cyclic esters (lactones) is 1. The number of methoxy groups -OCH3 is 2. The number of esters is 1. The number of carbonyl (C=O) groups is 2. The van der Waals surface area contributed by atoms with Crippen LogP contribution in [0.5, 0.6) is 0 Å². The van der Waals surface area contributed by atoms with Gasteiger partial charge in [-0.25, -0.2) is 0 Å². The number of aliphatic hydroxyl groups is 4. The van der Waals surface area contributed by atoms with Crippen molar-refractivity contribution in [3.8, 4) is 0 Å². The van der Waals surface area contributed by atoms with Gasteiger partial charge in [0, 0.05) is 44.4 Å². The summed E-state index contributed by atoms with van der Waals surface area (Å²) in [7, 11) is 6.77. The Morgan fingerprint density at radius 3 is 1.98 bits per heavy atom. The molecular weight excluding hydrogens is 678 g/mol. The summed E-state index contributed by atoms with van der Waals surface area (Å²) in [5.41, 5.74) is -4.24. The van der Waals surface area contributed by atoms with Crippen LogP contribution < -0.4 is 0 Å². The van der Waals surface area contributed by atoms with Crippen LogP contribution >= 0.6 is 0 Å². The summed E-state index contributed by atoms with van der Waals surface area (Å²) in [4.78, 5) is 30.1. The summed E-state index contributed by atoms with van der Waals surface area (Å²) in [6.07, 6.45) is -8.73. The molecule has 3 fully saturated rings. The number of rotatable bonds is 8. The van der Waals surface area contributed by atoms with E-state index >= 15 is 0 Å². The molecule has 18 atom stereocenters. The Bertz CT molecular complexity index is 1190. The van der Waals surface area contributed by atoms with E-state index in [0.717, 1.165) is 0 Å². The van der Waals surface area contributed by atoms with Gasteiger partial charge in [0.15, 0.2) is 12.6 Å². The molecule has 3 aliphatic heterocycles. The Labute approximate surface area is 310 Å². The van der Waals surface area contributed by atoms with Crippen LogP contribution in [0.25, 0.3) is 0 Å². The normalized spacial score (nSPS) is 49.0. The number of Topliss-reactive ketones (excluding diaryl/α,β-unsaturated/α-hetero) is 1. The fourth-order valence-corrected chi connectivity index (χ4v) is 8.58. The van der Waals surface area contributed by atoms with Crippen molar-refractivity contribution in [3.05, 3.63) is 0 Å². The molecule has 0 unspecified atom stereocenters. The average Bonchev–Trinajstić information content (AvgIpc) is 3.09. The predicted octanol–water partition coefficient (Wildman–Crippen LogP) is 2.44. The van der Waals surface area contributed by atoms with E-state index in [9.17, 15) is 30.0 Å². The highest BCUT2D eigenvalue weighted by molar-refractivity contribution is 5.83. The van der Waals surface area contributed by atoms with E-state index in [1.807, 2.05) is 32.8 Å². The average molecular weight is 748 g/mol. The molecule has 52 heavy (non-hydrogen) atoms. The number of likely N-dealkylation sites (N-methyl/N-ethyl adjacent to an activating group) is 1. The first kappa shape index (κ1) is 45.1. The molecule has 0 saturated carbocycles. The third-order valence-corrected chi connectivity index (χ3v) is 12.3. The maximum Gasteiger partial charge on any atom is 0.311 e. The number of hydrogen-bond acceptors (Lipinski definition) is 14. The van der Waals surface area contributed by atoms with E-state index in [1.165, 1.54) is 21.1 Å². The highest BCUT2D eigenvalue weighted by Gasteiger charge is 2.54. The molecule has 3 rings (SSSR count). The lowest BCUT2D eigenvalue weighted by molar-refractivity contribution is -0.319. The molecule has 4 N–H and O–H groups in total. The maximum absolute atomic E-state index is 14.2. The lowest BCUT2D eigenvalue weighted by Crippen LogP contribution is -2.61. The molecule has 304 valence electrons. The van der Waals surface area contributed by atoms with Gasteiger partial charge in [-0.3, -0.25) is 9.59 Å². The molecular formula is C38H69NO13. The number of carbonyl (C=O) groups excluding carboxylic acids is 2. The van der Waals surface area contributed by atoms with Crippen LogP contribution in [-0.4, -0.2) is 150 Å². The molecule has 3 aliphatic rings. The van der Waals surface area contributed by atoms with Crippen LogP contribution in [0.3, 0.4) is 0 Å². The summed E-state index contributed by atoms with van der Waals surface area (Å²) in [5.74, 6) is -4.47. The Morgan fingerprint density at radius 1 is 0.846 bits per heavy atom. The van der Waals surface area contributed by atoms with Gasteiger partial charge in [-0.05, 0) is 74.9 Å². The zero-order chi connectivity index (χ0) is 39.7. The molecule has 0 aromatic rings. The van der Waals surface area contributed by atoms with Crippen molar-refractivity contribution in [2.24, 2.45) is 23.7 Å². The zero-order valence-electron chi connectivity index (χ0n) is 33.9. The number of nitrogens with zero attached hydrogens (tertiary/aromatic N) is 1. The second kappa shape index (κ2) is 17.7. The largest absolute Gasteiger partial charge is 0.459 e. The standard InChI is InChI=1S/C38H69NO13/c1-15-26-38(10,45)31(42)21(4)28(40)19(2)17-37(9,47-14)33(52-35-29(41)25(39(11)12)16-20(3)48-35)22(5)30(23(6)34(44)50-26)51-27-18-36(8,46-13)32(43)24(7)49-27/h19-27,29-33,35,41-43,45H,15-18H2,1-14H3/t19-,20+,21-,22-,23+,24-,25-,26-,27+,29-,30+,31-,32+,33-,35-,36-,37+,38+/m0/s1. The van der Waals surface area contributed by atoms with Gasteiger partial charge in [0.05, 0.1) is 47.6 Å². The minimum Gasteiger partial charge on any atom is -0.459 e. The second-order valence-electron chi connectivity index (χ2n) is 16.6. The van der Waals surface area contributed by atoms with Crippen LogP contribution in [0, 0.1) is 23.7 Å². The van der Waals surface area contributed by atoms with Crippen molar-refractivity contribution in [2.45, 2.75) is 179 Å². The molecule has 3 saturated heterocycles. The first-order chi connectivity index (χ1) is 24.0. The fraction of sp³-hybridized carbons (Fsp3) is 0.947. The lowest BCUT2D eigenvalue weighted by atomic mass is 9.74. The van der Waals surface area contributed by atoms with E-state index in [1.54, 1.807) is 48.5 Å². The van der Waals surface area contributed by atoms with E-state index in [4.69, 9.17) is 33.2 Å². The molecule has 0 spiro atoms. The molecule has 14 heteroatoms. The Kier molecular flexibility index (Phi) is 15.3. The van der Waals surface area contributed by atoms with Crippen molar-refractivity contribution in [3.63, 3.8) is 0 Å². The molecule has 0 aromatic heterocycles. The Hall–Kier alpha value is -1.30. The summed E-state index contributed by atoms with van der Waals surface area (Å²) in [6.45, 7) is 17.1. The van der Waals surface area contributed by atoms with Gasteiger partial charge in [-0.15, -0.1) is 0 Å². The first-order valence-corrected chi connectivity index (χ1v) is 18.9. The fourth-order valence-electron chi connectivity index (χ4n) is 8.58. The molecule has 0 aliphatic carbocycles. The Morgan fingerprint density at radius 2 is 1.44 bits per heavy atom. The van der Waals surface area contributed by atoms with Crippen molar-refractivity contribution >= 4 is 11.8 Å². The van der Waals surface area contributed by atoms with Crippen LogP contribution in [0.1, 0.15) is 94.9 Å². The van der Waals surface area contributed by atoms with Crippen molar-refractivity contribution in [2.75, 3.05) is 28.3 Å². The van der Waals surface area contributed by atoms with Gasteiger partial charge in [0.2, 0.25) is 0 Å². The summed E-state index contributed by atoms with van der Waals surface area (Å²) in [5, 5.41) is 45.6. The van der Waals surface area contributed by atoms with Gasteiger partial charge >= 0.3 is 5.97 Å². The molecule has 0 aromatic carbocycles. The minimum atomic E-state index is -1.96. The van der Waals surface area contributed by atoms with Crippen LogP contribution in [0.4, 0.5) is 0 Å². The number of ether oxygens (including phenoxy) is 7. The van der Waals surface area contributed by atoms with Crippen molar-refractivity contribution < 1.29 is 63.2 Å². The monoisotopic (exact) mass is 747 g/mol. The van der Waals surface area contributed by atoms with E-state index < -0.39 is 102 Å². The minimum absolute atomic E-state index is 0.111. The van der Waals surface area contributed by atoms with Gasteiger partial charge in [0.1, 0.15) is 29.7 Å². The Balaban J connectivity index is 2.22. The number of ketones is 1. The summed E-state index contributed by atoms with van der Waals surface area (Å²) < 4.78 is 43.9. The first-order valence-electron chi connectivity index (χ1n) is 18.9. The van der Waals surface area contributed by atoms with Gasteiger partial charge < -0.3 is 58.5 Å². The highest BCUT2D eigenvalue weighted by atomic mass is 16.7. The summed E-state index contributed by atoms with van der Waals surface area (Å²) >= 11 is 0. The van der Waals surface area contributed by atoms with Crippen molar-refractivity contribution in [1.29, 1.82) is 0 Å².